The van der Waals surface area contributed by atoms with Gasteiger partial charge in [-0.25, -0.2) is 4.57 Å². The van der Waals surface area contributed by atoms with Gasteiger partial charge in [-0.05, 0) is 44.9 Å². The Morgan fingerprint density at radius 2 is 0.931 bits per heavy atom. The van der Waals surface area contributed by atoms with E-state index >= 15 is 0 Å². The third-order valence-electron chi connectivity index (χ3n) is 9.89. The number of phosphoric acid groups is 1. The number of ether oxygens (including phenoxy) is 2. The van der Waals surface area contributed by atoms with Crippen LogP contribution in [0.4, 0.5) is 0 Å². The summed E-state index contributed by atoms with van der Waals surface area (Å²) < 4.78 is 32.7. The fourth-order valence-corrected chi connectivity index (χ4v) is 7.04. The summed E-state index contributed by atoms with van der Waals surface area (Å²) in [5.74, 6) is -2.44. The van der Waals surface area contributed by atoms with E-state index in [1.807, 2.05) is 12.2 Å². The SMILES string of the molecule is CCCCCCCC/C=C\C/C=C\C/C=C\CCCC(=O)O[C@H](COC(=O)CCCCCCCCCCCCCCCCCCC)COP(=O)(O)OC[C@H](N)C(=O)O. The average Bonchev–Trinajstić information content (AvgIpc) is 3.20. The number of allylic oxidation sites excluding steroid dienone is 6. The Morgan fingerprint density at radius 3 is 1.41 bits per heavy atom. The maximum Gasteiger partial charge on any atom is 0.472 e. The summed E-state index contributed by atoms with van der Waals surface area (Å²) in [7, 11) is -4.73. The van der Waals surface area contributed by atoms with Gasteiger partial charge < -0.3 is 25.2 Å². The molecule has 338 valence electrons. The summed E-state index contributed by atoms with van der Waals surface area (Å²) in [6, 6.07) is -1.53. The first kappa shape index (κ1) is 55.7. The largest absolute Gasteiger partial charge is 0.480 e. The van der Waals surface area contributed by atoms with Gasteiger partial charge in [-0.1, -0.05) is 185 Å². The van der Waals surface area contributed by atoms with Crippen molar-refractivity contribution in [3.8, 4) is 0 Å². The van der Waals surface area contributed by atoms with Gasteiger partial charge in [0, 0.05) is 12.8 Å². The lowest BCUT2D eigenvalue weighted by Crippen LogP contribution is -2.34. The Balaban J connectivity index is 4.39. The van der Waals surface area contributed by atoms with Crippen LogP contribution in [-0.4, -0.2) is 59.9 Å². The molecular formula is C46H84NO10P. The fraction of sp³-hybridized carbons (Fsp3) is 0.804. The molecule has 1 unspecified atom stereocenters. The molecule has 11 nitrogen and oxygen atoms in total. The van der Waals surface area contributed by atoms with Crippen molar-refractivity contribution in [2.24, 2.45) is 5.73 Å². The van der Waals surface area contributed by atoms with Crippen LogP contribution in [0.3, 0.4) is 0 Å². The molecule has 3 atom stereocenters. The van der Waals surface area contributed by atoms with Gasteiger partial charge in [0.1, 0.15) is 12.6 Å². The van der Waals surface area contributed by atoms with Gasteiger partial charge in [0.15, 0.2) is 6.10 Å². The van der Waals surface area contributed by atoms with E-state index < -0.39 is 51.1 Å². The number of hydrogen-bond donors (Lipinski definition) is 3. The maximum absolute atomic E-state index is 12.6. The van der Waals surface area contributed by atoms with Crippen molar-refractivity contribution < 1.29 is 47.5 Å². The summed E-state index contributed by atoms with van der Waals surface area (Å²) in [5.41, 5.74) is 5.33. The lowest BCUT2D eigenvalue weighted by molar-refractivity contribution is -0.161. The Hall–Kier alpha value is -2.30. The van der Waals surface area contributed by atoms with Crippen LogP contribution >= 0.6 is 7.82 Å². The van der Waals surface area contributed by atoms with Crippen LogP contribution < -0.4 is 5.73 Å². The molecule has 0 heterocycles. The number of esters is 2. The molecule has 0 spiro atoms. The molecule has 0 aliphatic heterocycles. The summed E-state index contributed by atoms with van der Waals surface area (Å²) in [6.07, 6.45) is 45.0. The van der Waals surface area contributed by atoms with E-state index in [2.05, 4.69) is 42.7 Å². The number of unbranched alkanes of at least 4 members (excludes halogenated alkanes) is 23. The lowest BCUT2D eigenvalue weighted by atomic mass is 10.0. The van der Waals surface area contributed by atoms with Gasteiger partial charge in [0.2, 0.25) is 0 Å². The standard InChI is InChI=1S/C46H84NO10P/c1-3-5-7-9-11-13-15-17-19-21-23-25-27-29-31-33-35-37-44(48)54-39-42(40-55-58(52,53)56-41-43(47)46(50)51)57-45(49)38-36-34-32-30-28-26-24-22-20-18-16-14-12-10-8-6-4-2/h18,20,24,26,30,32,42-43H,3-17,19,21-23,25,27-29,31,33-41,47H2,1-2H3,(H,50,51)(H,52,53)/b20-18-,26-24-,32-30-/t42-,43+/m1/s1. The molecule has 0 rings (SSSR count). The summed E-state index contributed by atoms with van der Waals surface area (Å²) >= 11 is 0. The molecule has 0 saturated heterocycles. The highest BCUT2D eigenvalue weighted by Crippen LogP contribution is 2.43. The van der Waals surface area contributed by atoms with E-state index in [1.54, 1.807) is 0 Å². The van der Waals surface area contributed by atoms with E-state index in [4.69, 9.17) is 24.8 Å². The highest BCUT2D eigenvalue weighted by Gasteiger charge is 2.28. The number of phosphoric ester groups is 1. The molecule has 4 N–H and O–H groups in total. The molecule has 0 radical (unpaired) electrons. The Bertz CT molecular complexity index is 1130. The molecule has 58 heavy (non-hydrogen) atoms. The van der Waals surface area contributed by atoms with Gasteiger partial charge in [0.25, 0.3) is 0 Å². The predicted octanol–water partition coefficient (Wildman–Crippen LogP) is 12.4. The van der Waals surface area contributed by atoms with Crippen molar-refractivity contribution in [3.05, 3.63) is 36.5 Å². The van der Waals surface area contributed by atoms with E-state index in [9.17, 15) is 23.8 Å². The quantitative estimate of drug-likeness (QED) is 0.0231. The number of carbonyl (C=O) groups is 3. The number of carbonyl (C=O) groups excluding carboxylic acids is 2. The van der Waals surface area contributed by atoms with Crippen molar-refractivity contribution in [1.82, 2.24) is 0 Å². The zero-order chi connectivity index (χ0) is 42.8. The Labute approximate surface area is 353 Å². The molecule has 0 aliphatic carbocycles. The molecular weight excluding hydrogens is 757 g/mol. The summed E-state index contributed by atoms with van der Waals surface area (Å²) in [4.78, 5) is 46.0. The van der Waals surface area contributed by atoms with E-state index in [0.29, 0.717) is 19.3 Å². The van der Waals surface area contributed by atoms with Crippen molar-refractivity contribution in [3.63, 3.8) is 0 Å². The first-order chi connectivity index (χ1) is 28.1. The number of aliphatic carboxylic acids is 1. The van der Waals surface area contributed by atoms with Gasteiger partial charge in [-0.2, -0.15) is 0 Å². The van der Waals surface area contributed by atoms with Crippen molar-refractivity contribution >= 4 is 25.7 Å². The second-order valence-electron chi connectivity index (χ2n) is 15.5. The zero-order valence-corrected chi connectivity index (χ0v) is 37.5. The molecule has 0 saturated carbocycles. The molecule has 0 amide bonds. The topological polar surface area (TPSA) is 172 Å². The minimum atomic E-state index is -4.73. The number of rotatable bonds is 43. The first-order valence-corrected chi connectivity index (χ1v) is 24.5. The van der Waals surface area contributed by atoms with E-state index in [1.165, 1.54) is 122 Å². The van der Waals surface area contributed by atoms with Crippen LogP contribution in [0.5, 0.6) is 0 Å². The van der Waals surface area contributed by atoms with Crippen LogP contribution in [0.25, 0.3) is 0 Å². The molecule has 0 bridgehead atoms. The third kappa shape index (κ3) is 40.5. The van der Waals surface area contributed by atoms with Crippen molar-refractivity contribution in [1.29, 1.82) is 0 Å². The van der Waals surface area contributed by atoms with Gasteiger partial charge >= 0.3 is 25.7 Å². The molecule has 0 aromatic rings. The average molecular weight is 842 g/mol. The summed E-state index contributed by atoms with van der Waals surface area (Å²) in [6.45, 7) is 2.77. The zero-order valence-electron chi connectivity index (χ0n) is 36.6. The van der Waals surface area contributed by atoms with Crippen LogP contribution in [0.1, 0.15) is 206 Å². The Morgan fingerprint density at radius 1 is 0.534 bits per heavy atom. The monoisotopic (exact) mass is 842 g/mol. The maximum atomic E-state index is 12.6. The first-order valence-electron chi connectivity index (χ1n) is 23.0. The van der Waals surface area contributed by atoms with Gasteiger partial charge in [0.05, 0.1) is 13.2 Å². The van der Waals surface area contributed by atoms with Crippen molar-refractivity contribution in [2.75, 3.05) is 19.8 Å². The van der Waals surface area contributed by atoms with Crippen LogP contribution in [0.15, 0.2) is 36.5 Å². The minimum absolute atomic E-state index is 0.0913. The normalized spacial score (nSPS) is 14.0. The highest BCUT2D eigenvalue weighted by molar-refractivity contribution is 7.47. The lowest BCUT2D eigenvalue weighted by Gasteiger charge is -2.20. The van der Waals surface area contributed by atoms with Crippen molar-refractivity contribution in [2.45, 2.75) is 219 Å². The van der Waals surface area contributed by atoms with Crippen LogP contribution in [-0.2, 0) is 37.5 Å². The third-order valence-corrected chi connectivity index (χ3v) is 10.8. The molecule has 12 heteroatoms. The number of hydrogen-bond acceptors (Lipinski definition) is 9. The number of carboxylic acids is 1. The predicted molar refractivity (Wildman–Crippen MR) is 235 cm³/mol. The molecule has 0 aromatic heterocycles. The molecule has 0 fully saturated rings. The number of nitrogens with two attached hydrogens (primary N) is 1. The second-order valence-corrected chi connectivity index (χ2v) is 17.0. The fourth-order valence-electron chi connectivity index (χ4n) is 6.26. The smallest absolute Gasteiger partial charge is 0.472 e. The summed E-state index contributed by atoms with van der Waals surface area (Å²) in [5, 5.41) is 8.89. The van der Waals surface area contributed by atoms with E-state index in [0.717, 1.165) is 38.5 Å². The van der Waals surface area contributed by atoms with Crippen LogP contribution in [0, 0.1) is 0 Å². The van der Waals surface area contributed by atoms with Gasteiger partial charge in [-0.15, -0.1) is 0 Å². The highest BCUT2D eigenvalue weighted by atomic mass is 31.2. The van der Waals surface area contributed by atoms with E-state index in [-0.39, 0.29) is 19.4 Å². The Kier molecular flexibility index (Phi) is 39.8. The molecule has 0 aliphatic rings. The minimum Gasteiger partial charge on any atom is -0.480 e. The second kappa shape index (κ2) is 41.4. The van der Waals surface area contributed by atoms with Crippen LogP contribution in [0.2, 0.25) is 0 Å². The molecule has 0 aromatic carbocycles. The number of carboxylic acid groups (broad SMARTS) is 1. The van der Waals surface area contributed by atoms with Gasteiger partial charge in [-0.3, -0.25) is 23.4 Å².